The lowest BCUT2D eigenvalue weighted by atomic mass is 10.0. The predicted molar refractivity (Wildman–Crippen MR) is 137 cm³/mol. The first-order valence-corrected chi connectivity index (χ1v) is 11.9. The summed E-state index contributed by atoms with van der Waals surface area (Å²) in [6, 6.07) is 21.9. The molecule has 0 fully saturated rings. The van der Waals surface area contributed by atoms with Gasteiger partial charge in [-0.25, -0.2) is 9.37 Å². The largest absolute Gasteiger partial charge is 0.504 e. The highest BCUT2D eigenvalue weighted by Gasteiger charge is 2.22. The van der Waals surface area contributed by atoms with Crippen LogP contribution in [0.2, 0.25) is 0 Å². The Labute approximate surface area is 200 Å². The summed E-state index contributed by atoms with van der Waals surface area (Å²) in [5.74, 6) is -0.764. The van der Waals surface area contributed by atoms with Crippen LogP contribution < -0.4 is 5.56 Å². The summed E-state index contributed by atoms with van der Waals surface area (Å²) in [7, 11) is 0. The Kier molecular flexibility index (Phi) is 5.54. The molecule has 34 heavy (non-hydrogen) atoms. The van der Waals surface area contributed by atoms with Crippen LogP contribution in [0, 0.1) is 12.7 Å². The Morgan fingerprint density at radius 1 is 1.00 bits per heavy atom. The van der Waals surface area contributed by atoms with Gasteiger partial charge in [-0.15, -0.1) is 11.3 Å². The van der Waals surface area contributed by atoms with Gasteiger partial charge in [-0.3, -0.25) is 9.36 Å². The molecule has 0 amide bonds. The first-order valence-electron chi connectivity index (χ1n) is 11.1. The number of hydrogen-bond acceptors (Lipinski definition) is 4. The first kappa shape index (κ1) is 22.0. The number of aromatic nitrogens is 2. The van der Waals surface area contributed by atoms with E-state index in [9.17, 15) is 14.3 Å². The summed E-state index contributed by atoms with van der Waals surface area (Å²) in [5.41, 5.74) is 2.64. The molecule has 0 aliphatic rings. The number of halogens is 1. The SMILES string of the molecule is Cc1nc(-c2cccc(F)c2O)n(-c2ccc(C(C)C)cc2)c(=O)c1-c1cc2ccccc2s1. The van der Waals surface area contributed by atoms with E-state index < -0.39 is 11.6 Å². The average molecular weight is 471 g/mol. The van der Waals surface area contributed by atoms with E-state index in [-0.39, 0.29) is 16.9 Å². The van der Waals surface area contributed by atoms with Crippen molar-refractivity contribution in [3.8, 4) is 33.3 Å². The van der Waals surface area contributed by atoms with E-state index in [1.807, 2.05) is 54.6 Å². The van der Waals surface area contributed by atoms with Crippen molar-refractivity contribution in [2.45, 2.75) is 26.7 Å². The summed E-state index contributed by atoms with van der Waals surface area (Å²) >= 11 is 1.53. The third-order valence-electron chi connectivity index (χ3n) is 5.98. The van der Waals surface area contributed by atoms with Gasteiger partial charge in [-0.1, -0.05) is 50.2 Å². The molecule has 0 aliphatic carbocycles. The molecule has 1 N–H and O–H groups in total. The van der Waals surface area contributed by atoms with Crippen LogP contribution >= 0.6 is 11.3 Å². The molecular formula is C28H23FN2O2S. The molecule has 0 atom stereocenters. The molecule has 5 aromatic rings. The molecule has 0 saturated carbocycles. The third kappa shape index (κ3) is 3.70. The van der Waals surface area contributed by atoms with Gasteiger partial charge in [0.05, 0.1) is 22.5 Å². The van der Waals surface area contributed by atoms with E-state index in [0.29, 0.717) is 22.9 Å². The van der Waals surface area contributed by atoms with Crippen molar-refractivity contribution in [2.24, 2.45) is 0 Å². The topological polar surface area (TPSA) is 55.1 Å². The maximum absolute atomic E-state index is 14.2. The molecular weight excluding hydrogens is 447 g/mol. The van der Waals surface area contributed by atoms with E-state index in [4.69, 9.17) is 4.98 Å². The quantitative estimate of drug-likeness (QED) is 0.306. The zero-order chi connectivity index (χ0) is 24.0. The van der Waals surface area contributed by atoms with E-state index >= 15 is 0 Å². The number of aromatic hydroxyl groups is 1. The fraction of sp³-hybridized carbons (Fsp3) is 0.143. The van der Waals surface area contributed by atoms with Crippen LogP contribution in [0.5, 0.6) is 5.75 Å². The van der Waals surface area contributed by atoms with Crippen molar-refractivity contribution in [1.82, 2.24) is 9.55 Å². The zero-order valence-electron chi connectivity index (χ0n) is 19.0. The Morgan fingerprint density at radius 3 is 2.44 bits per heavy atom. The predicted octanol–water partition coefficient (Wildman–Crippen LogP) is 7.06. The zero-order valence-corrected chi connectivity index (χ0v) is 19.9. The Hall–Kier alpha value is -3.77. The molecule has 5 rings (SSSR count). The van der Waals surface area contributed by atoms with E-state index in [1.54, 1.807) is 13.0 Å². The Bertz CT molecular complexity index is 1550. The van der Waals surface area contributed by atoms with Crippen molar-refractivity contribution in [3.63, 3.8) is 0 Å². The van der Waals surface area contributed by atoms with Gasteiger partial charge in [-0.2, -0.15) is 0 Å². The third-order valence-corrected chi connectivity index (χ3v) is 7.12. The number of nitrogens with zero attached hydrogens (tertiary/aromatic N) is 2. The molecule has 2 aromatic heterocycles. The lowest BCUT2D eigenvalue weighted by molar-refractivity contribution is 0.434. The highest BCUT2D eigenvalue weighted by atomic mass is 32.1. The van der Waals surface area contributed by atoms with Gasteiger partial charge < -0.3 is 5.11 Å². The highest BCUT2D eigenvalue weighted by molar-refractivity contribution is 7.22. The maximum Gasteiger partial charge on any atom is 0.267 e. The van der Waals surface area contributed by atoms with E-state index in [2.05, 4.69) is 13.8 Å². The molecule has 0 radical (unpaired) electrons. The second kappa shape index (κ2) is 8.54. The van der Waals surface area contributed by atoms with Crippen LogP contribution in [-0.4, -0.2) is 14.7 Å². The summed E-state index contributed by atoms with van der Waals surface area (Å²) < 4.78 is 16.8. The van der Waals surface area contributed by atoms with E-state index in [0.717, 1.165) is 20.5 Å². The Balaban J connectivity index is 1.82. The van der Waals surface area contributed by atoms with Gasteiger partial charge in [-0.05, 0) is 60.2 Å². The second-order valence-electron chi connectivity index (χ2n) is 8.57. The summed E-state index contributed by atoms with van der Waals surface area (Å²) in [6.07, 6.45) is 0. The monoisotopic (exact) mass is 470 g/mol. The summed E-state index contributed by atoms with van der Waals surface area (Å²) in [4.78, 5) is 19.6. The lowest BCUT2D eigenvalue weighted by Crippen LogP contribution is -2.24. The molecule has 0 aliphatic heterocycles. The van der Waals surface area contributed by atoms with Gasteiger partial charge in [0.1, 0.15) is 0 Å². The Morgan fingerprint density at radius 2 is 1.74 bits per heavy atom. The van der Waals surface area contributed by atoms with E-state index in [1.165, 1.54) is 28.0 Å². The van der Waals surface area contributed by atoms with Gasteiger partial charge in [0.25, 0.3) is 5.56 Å². The summed E-state index contributed by atoms with van der Waals surface area (Å²) in [6.45, 7) is 5.97. The van der Waals surface area contributed by atoms with Gasteiger partial charge in [0, 0.05) is 9.58 Å². The molecule has 2 heterocycles. The molecule has 0 bridgehead atoms. The van der Waals surface area contributed by atoms with Crippen LogP contribution in [0.4, 0.5) is 4.39 Å². The molecule has 3 aromatic carbocycles. The van der Waals surface area contributed by atoms with Gasteiger partial charge in [0.2, 0.25) is 0 Å². The standard InChI is InChI=1S/C28H23FN2O2S/c1-16(2)18-11-13-20(14-12-18)31-27(21-8-6-9-22(29)26(21)32)30-17(3)25(28(31)33)24-15-19-7-4-5-10-23(19)34-24/h4-16,32H,1-3H3. The fourth-order valence-corrected chi connectivity index (χ4v) is 5.29. The van der Waals surface area contributed by atoms with Gasteiger partial charge in [0.15, 0.2) is 17.4 Å². The normalized spacial score (nSPS) is 11.4. The number of rotatable bonds is 4. The van der Waals surface area contributed by atoms with Crippen LogP contribution in [0.1, 0.15) is 31.0 Å². The number of phenolic OH excluding ortho intramolecular Hbond substituents is 1. The first-order chi connectivity index (χ1) is 16.3. The number of thiophene rings is 1. The van der Waals surface area contributed by atoms with Crippen LogP contribution in [0.25, 0.3) is 37.6 Å². The molecule has 0 spiro atoms. The fourth-order valence-electron chi connectivity index (χ4n) is 4.14. The van der Waals surface area contributed by atoms with Crippen molar-refractivity contribution in [2.75, 3.05) is 0 Å². The summed E-state index contributed by atoms with van der Waals surface area (Å²) in [5, 5.41) is 11.5. The average Bonchev–Trinajstić information content (AvgIpc) is 3.24. The number of phenols is 1. The number of para-hydroxylation sites is 1. The second-order valence-corrected chi connectivity index (χ2v) is 9.65. The number of fused-ring (bicyclic) bond motifs is 1. The minimum atomic E-state index is -0.764. The molecule has 170 valence electrons. The number of benzene rings is 3. The highest BCUT2D eigenvalue weighted by Crippen LogP contribution is 2.36. The number of aryl methyl sites for hydroxylation is 1. The van der Waals surface area contributed by atoms with Crippen molar-refractivity contribution in [1.29, 1.82) is 0 Å². The van der Waals surface area contributed by atoms with Crippen LogP contribution in [0.3, 0.4) is 0 Å². The number of hydrogen-bond donors (Lipinski definition) is 1. The maximum atomic E-state index is 14.2. The molecule has 0 unspecified atom stereocenters. The van der Waals surface area contributed by atoms with Gasteiger partial charge >= 0.3 is 0 Å². The van der Waals surface area contributed by atoms with Crippen molar-refractivity contribution in [3.05, 3.63) is 100 Å². The lowest BCUT2D eigenvalue weighted by Gasteiger charge is -2.17. The molecule has 6 heteroatoms. The minimum Gasteiger partial charge on any atom is -0.504 e. The smallest absolute Gasteiger partial charge is 0.267 e. The van der Waals surface area contributed by atoms with Crippen molar-refractivity contribution >= 4 is 21.4 Å². The van der Waals surface area contributed by atoms with Crippen LogP contribution in [-0.2, 0) is 0 Å². The molecule has 4 nitrogen and oxygen atoms in total. The van der Waals surface area contributed by atoms with Crippen LogP contribution in [0.15, 0.2) is 77.6 Å². The molecule has 0 saturated heterocycles. The minimum absolute atomic E-state index is 0.163. The van der Waals surface area contributed by atoms with Crippen molar-refractivity contribution < 1.29 is 9.50 Å².